The van der Waals surface area contributed by atoms with Gasteiger partial charge in [-0.15, -0.1) is 11.8 Å². The van der Waals surface area contributed by atoms with Crippen LogP contribution in [0.4, 0.5) is 0 Å². The van der Waals surface area contributed by atoms with E-state index in [4.69, 9.17) is 4.74 Å². The van der Waals surface area contributed by atoms with Crippen molar-refractivity contribution in [3.8, 4) is 0 Å². The maximum Gasteiger partial charge on any atom is 0.243 e. The van der Waals surface area contributed by atoms with Crippen LogP contribution in [0.1, 0.15) is 11.1 Å². The van der Waals surface area contributed by atoms with Crippen molar-refractivity contribution >= 4 is 27.7 Å². The fourth-order valence-electron chi connectivity index (χ4n) is 3.35. The van der Waals surface area contributed by atoms with Gasteiger partial charge < -0.3 is 10.1 Å². The molecule has 0 bridgehead atoms. The summed E-state index contributed by atoms with van der Waals surface area (Å²) in [6.45, 7) is 1.98. The number of amides is 1. The van der Waals surface area contributed by atoms with E-state index in [9.17, 15) is 13.2 Å². The summed E-state index contributed by atoms with van der Waals surface area (Å²) in [6, 6.07) is 14.8. The molecule has 1 N–H and O–H groups in total. The molecule has 1 saturated heterocycles. The van der Waals surface area contributed by atoms with Crippen LogP contribution in [0.25, 0.3) is 0 Å². The van der Waals surface area contributed by atoms with E-state index >= 15 is 0 Å². The average molecular weight is 419 g/mol. The largest absolute Gasteiger partial charge is 0.379 e. The van der Waals surface area contributed by atoms with Crippen molar-refractivity contribution in [3.05, 3.63) is 59.7 Å². The van der Waals surface area contributed by atoms with E-state index in [2.05, 4.69) is 11.4 Å². The number of morpholine rings is 1. The smallest absolute Gasteiger partial charge is 0.243 e. The topological polar surface area (TPSA) is 75.7 Å². The van der Waals surface area contributed by atoms with Gasteiger partial charge in [0.25, 0.3) is 0 Å². The molecule has 1 unspecified atom stereocenters. The highest BCUT2D eigenvalue weighted by molar-refractivity contribution is 8.01. The van der Waals surface area contributed by atoms with Gasteiger partial charge in [0.05, 0.1) is 23.4 Å². The van der Waals surface area contributed by atoms with Gasteiger partial charge in [0.1, 0.15) is 0 Å². The second-order valence-electron chi connectivity index (χ2n) is 6.80. The lowest BCUT2D eigenvalue weighted by Crippen LogP contribution is -2.40. The Kier molecular flexibility index (Phi) is 5.73. The molecule has 4 rings (SSSR count). The van der Waals surface area contributed by atoms with Crippen molar-refractivity contribution in [2.24, 2.45) is 0 Å². The fourth-order valence-corrected chi connectivity index (χ4v) is 5.97. The van der Waals surface area contributed by atoms with Crippen molar-refractivity contribution in [2.45, 2.75) is 28.0 Å². The minimum absolute atomic E-state index is 0.00575. The van der Waals surface area contributed by atoms with E-state index in [-0.39, 0.29) is 16.1 Å². The lowest BCUT2D eigenvalue weighted by Gasteiger charge is -2.26. The SMILES string of the molecule is O=C(NCc1ccc(S(=O)(=O)N2CCOCC2)cc1)C1Cc2ccccc2S1. The maximum atomic E-state index is 12.6. The van der Waals surface area contributed by atoms with E-state index in [0.29, 0.717) is 32.8 Å². The lowest BCUT2D eigenvalue weighted by molar-refractivity contribution is -0.120. The first-order valence-electron chi connectivity index (χ1n) is 9.23. The minimum atomic E-state index is -3.49. The molecular weight excluding hydrogens is 396 g/mol. The molecule has 2 aromatic rings. The summed E-state index contributed by atoms with van der Waals surface area (Å²) in [6.07, 6.45) is 0.739. The number of nitrogens with zero attached hydrogens (tertiary/aromatic N) is 1. The summed E-state index contributed by atoms with van der Waals surface area (Å²) >= 11 is 1.59. The number of carbonyl (C=O) groups is 1. The minimum Gasteiger partial charge on any atom is -0.379 e. The first-order valence-corrected chi connectivity index (χ1v) is 11.5. The highest BCUT2D eigenvalue weighted by Gasteiger charge is 2.28. The molecule has 8 heteroatoms. The van der Waals surface area contributed by atoms with Gasteiger partial charge in [-0.25, -0.2) is 8.42 Å². The van der Waals surface area contributed by atoms with Crippen LogP contribution >= 0.6 is 11.8 Å². The molecule has 28 heavy (non-hydrogen) atoms. The first-order chi connectivity index (χ1) is 13.5. The molecule has 1 amide bonds. The summed E-state index contributed by atoms with van der Waals surface area (Å²) in [5.41, 5.74) is 2.08. The maximum absolute atomic E-state index is 12.6. The lowest BCUT2D eigenvalue weighted by atomic mass is 10.1. The number of hydrogen-bond acceptors (Lipinski definition) is 5. The number of sulfonamides is 1. The molecule has 1 atom stereocenters. The molecule has 0 spiro atoms. The highest BCUT2D eigenvalue weighted by atomic mass is 32.2. The number of nitrogens with one attached hydrogen (secondary N) is 1. The van der Waals surface area contributed by atoms with Crippen molar-refractivity contribution in [1.82, 2.24) is 9.62 Å². The third-order valence-electron chi connectivity index (χ3n) is 4.94. The van der Waals surface area contributed by atoms with Crippen LogP contribution in [0.2, 0.25) is 0 Å². The zero-order chi connectivity index (χ0) is 19.6. The van der Waals surface area contributed by atoms with Crippen LogP contribution < -0.4 is 5.32 Å². The van der Waals surface area contributed by atoms with E-state index in [1.165, 1.54) is 14.8 Å². The van der Waals surface area contributed by atoms with Crippen LogP contribution in [0.3, 0.4) is 0 Å². The van der Waals surface area contributed by atoms with Crippen molar-refractivity contribution in [2.75, 3.05) is 26.3 Å². The molecule has 148 valence electrons. The van der Waals surface area contributed by atoms with Gasteiger partial charge in [0.15, 0.2) is 0 Å². The number of hydrogen-bond donors (Lipinski definition) is 1. The summed E-state index contributed by atoms with van der Waals surface area (Å²) in [4.78, 5) is 13.9. The number of thioether (sulfide) groups is 1. The van der Waals surface area contributed by atoms with Crippen LogP contribution in [-0.2, 0) is 32.5 Å². The molecule has 0 radical (unpaired) electrons. The Morgan fingerprint density at radius 3 is 2.54 bits per heavy atom. The first kappa shape index (κ1) is 19.4. The van der Waals surface area contributed by atoms with Crippen LogP contribution in [0.5, 0.6) is 0 Å². The zero-order valence-corrected chi connectivity index (χ0v) is 17.0. The quantitative estimate of drug-likeness (QED) is 0.804. The van der Waals surface area contributed by atoms with Crippen molar-refractivity contribution in [1.29, 1.82) is 0 Å². The fraction of sp³-hybridized carbons (Fsp3) is 0.350. The third kappa shape index (κ3) is 4.10. The number of benzene rings is 2. The van der Waals surface area contributed by atoms with Gasteiger partial charge in [-0.2, -0.15) is 4.31 Å². The Hall–Kier alpha value is -1.87. The number of ether oxygens (including phenoxy) is 1. The van der Waals surface area contributed by atoms with Crippen molar-refractivity contribution < 1.29 is 17.9 Å². The standard InChI is InChI=1S/C20H22N2O4S2/c23-20(19-13-16-3-1-2-4-18(16)27-19)21-14-15-5-7-17(8-6-15)28(24,25)22-9-11-26-12-10-22/h1-8,19H,9-14H2,(H,21,23). The van der Waals surface area contributed by atoms with Gasteiger partial charge in [0, 0.05) is 24.5 Å². The molecule has 0 aromatic heterocycles. The Bertz CT molecular complexity index is 929. The molecule has 2 heterocycles. The number of carbonyl (C=O) groups excluding carboxylic acids is 1. The third-order valence-corrected chi connectivity index (χ3v) is 8.17. The Morgan fingerprint density at radius 1 is 1.11 bits per heavy atom. The molecule has 0 saturated carbocycles. The molecule has 1 fully saturated rings. The molecule has 2 aromatic carbocycles. The van der Waals surface area contributed by atoms with Crippen LogP contribution in [-0.4, -0.2) is 50.2 Å². The van der Waals surface area contributed by atoms with E-state index in [1.807, 2.05) is 18.2 Å². The van der Waals surface area contributed by atoms with Crippen LogP contribution in [0, 0.1) is 0 Å². The van der Waals surface area contributed by atoms with Crippen LogP contribution in [0.15, 0.2) is 58.3 Å². The van der Waals surface area contributed by atoms with E-state index in [0.717, 1.165) is 12.0 Å². The molecule has 2 aliphatic rings. The van der Waals surface area contributed by atoms with Gasteiger partial charge in [-0.05, 0) is 35.7 Å². The average Bonchev–Trinajstić information content (AvgIpc) is 3.17. The van der Waals surface area contributed by atoms with E-state index < -0.39 is 10.0 Å². The molecule has 2 aliphatic heterocycles. The molecule has 6 nitrogen and oxygen atoms in total. The van der Waals surface area contributed by atoms with Gasteiger partial charge in [0.2, 0.25) is 15.9 Å². The summed E-state index contributed by atoms with van der Waals surface area (Å²) < 4.78 is 32.0. The second kappa shape index (κ2) is 8.24. The van der Waals surface area contributed by atoms with Crippen molar-refractivity contribution in [3.63, 3.8) is 0 Å². The predicted molar refractivity (Wildman–Crippen MR) is 108 cm³/mol. The van der Waals surface area contributed by atoms with E-state index in [1.54, 1.807) is 36.0 Å². The normalized spacial score (nSPS) is 19.9. The monoisotopic (exact) mass is 418 g/mol. The Labute approximate surface area is 169 Å². The highest BCUT2D eigenvalue weighted by Crippen LogP contribution is 2.36. The predicted octanol–water partition coefficient (Wildman–Crippen LogP) is 2.04. The van der Waals surface area contributed by atoms with Gasteiger partial charge >= 0.3 is 0 Å². The zero-order valence-electron chi connectivity index (χ0n) is 15.3. The van der Waals surface area contributed by atoms with Gasteiger partial charge in [-0.3, -0.25) is 4.79 Å². The summed E-state index contributed by atoms with van der Waals surface area (Å²) in [7, 11) is -3.49. The Morgan fingerprint density at radius 2 is 1.82 bits per heavy atom. The second-order valence-corrected chi connectivity index (χ2v) is 9.98. The molecule has 0 aliphatic carbocycles. The number of fused-ring (bicyclic) bond motifs is 1. The Balaban J connectivity index is 1.34. The van der Waals surface area contributed by atoms with Gasteiger partial charge in [-0.1, -0.05) is 30.3 Å². The summed E-state index contributed by atoms with van der Waals surface area (Å²) in [5, 5.41) is 2.85. The molecular formula is C20H22N2O4S2. The number of rotatable bonds is 5. The summed E-state index contributed by atoms with van der Waals surface area (Å²) in [5.74, 6) is 0.00575.